The number of anilines is 1. The summed E-state index contributed by atoms with van der Waals surface area (Å²) in [6, 6.07) is 22.6. The van der Waals surface area contributed by atoms with Crippen molar-refractivity contribution in [2.45, 2.75) is 31.2 Å². The maximum absolute atomic E-state index is 12.9. The maximum atomic E-state index is 12.9. The van der Waals surface area contributed by atoms with Gasteiger partial charge in [-0.15, -0.1) is 0 Å². The van der Waals surface area contributed by atoms with Crippen molar-refractivity contribution in [1.29, 1.82) is 0 Å². The number of para-hydroxylation sites is 1. The number of amides is 1. The highest BCUT2D eigenvalue weighted by Crippen LogP contribution is 2.22. The van der Waals surface area contributed by atoms with Gasteiger partial charge in [-0.25, -0.2) is 8.42 Å². The highest BCUT2D eigenvalue weighted by atomic mass is 32.2. The lowest BCUT2D eigenvalue weighted by Crippen LogP contribution is -2.26. The van der Waals surface area contributed by atoms with E-state index in [-0.39, 0.29) is 17.3 Å². The minimum absolute atomic E-state index is 0.164. The van der Waals surface area contributed by atoms with Crippen LogP contribution < -0.4 is 10.1 Å². The molecule has 0 aromatic heterocycles. The molecule has 7 heteroatoms. The molecule has 0 atom stereocenters. The van der Waals surface area contributed by atoms with E-state index in [0.717, 1.165) is 18.4 Å². The van der Waals surface area contributed by atoms with Gasteiger partial charge in [0, 0.05) is 19.3 Å². The molecular weight excluding hydrogens is 424 g/mol. The molecule has 0 saturated carbocycles. The van der Waals surface area contributed by atoms with Gasteiger partial charge in [0.25, 0.3) is 5.91 Å². The van der Waals surface area contributed by atoms with Crippen molar-refractivity contribution in [2.24, 2.45) is 0 Å². The van der Waals surface area contributed by atoms with Gasteiger partial charge in [0.05, 0.1) is 17.1 Å². The molecule has 0 bridgehead atoms. The number of nitrogens with one attached hydrogen (secondary N) is 1. The minimum Gasteiger partial charge on any atom is -0.493 e. The first kappa shape index (κ1) is 23.5. The van der Waals surface area contributed by atoms with Gasteiger partial charge in [-0.1, -0.05) is 55.8 Å². The summed E-state index contributed by atoms with van der Waals surface area (Å²) in [7, 11) is -2.10. The fourth-order valence-electron chi connectivity index (χ4n) is 3.12. The SMILES string of the molecule is CCCCOc1ccccc1C(=O)Nc1ccc(S(=O)(=O)N(C)Cc2ccccc2)cc1. The Morgan fingerprint density at radius 3 is 2.28 bits per heavy atom. The second-order valence-corrected chi connectivity index (χ2v) is 9.47. The molecule has 168 valence electrons. The summed E-state index contributed by atoms with van der Waals surface area (Å²) in [4.78, 5) is 12.9. The van der Waals surface area contributed by atoms with Crippen LogP contribution in [0.2, 0.25) is 0 Å². The molecule has 0 aliphatic rings. The Morgan fingerprint density at radius 2 is 1.59 bits per heavy atom. The number of nitrogens with zero attached hydrogens (tertiary/aromatic N) is 1. The number of benzene rings is 3. The molecule has 0 aliphatic carbocycles. The van der Waals surface area contributed by atoms with Gasteiger partial charge in [-0.2, -0.15) is 4.31 Å². The van der Waals surface area contributed by atoms with E-state index in [1.165, 1.54) is 16.4 Å². The second kappa shape index (κ2) is 10.9. The van der Waals surface area contributed by atoms with E-state index in [2.05, 4.69) is 12.2 Å². The van der Waals surface area contributed by atoms with E-state index >= 15 is 0 Å². The summed E-state index contributed by atoms with van der Waals surface area (Å²) in [5, 5.41) is 2.81. The van der Waals surface area contributed by atoms with E-state index in [1.54, 1.807) is 37.4 Å². The predicted octanol–water partition coefficient (Wildman–Crippen LogP) is 4.94. The highest BCUT2D eigenvalue weighted by Gasteiger charge is 2.21. The van der Waals surface area contributed by atoms with Crippen molar-refractivity contribution in [1.82, 2.24) is 4.31 Å². The molecule has 0 spiro atoms. The van der Waals surface area contributed by atoms with E-state index in [0.29, 0.717) is 23.6 Å². The molecule has 3 aromatic carbocycles. The quantitative estimate of drug-likeness (QED) is 0.442. The molecule has 1 N–H and O–H groups in total. The second-order valence-electron chi connectivity index (χ2n) is 7.42. The molecule has 0 aliphatic heterocycles. The van der Waals surface area contributed by atoms with E-state index in [9.17, 15) is 13.2 Å². The van der Waals surface area contributed by atoms with Crippen LogP contribution in [-0.2, 0) is 16.6 Å². The molecule has 6 nitrogen and oxygen atoms in total. The molecule has 0 fully saturated rings. The van der Waals surface area contributed by atoms with Crippen LogP contribution in [0.25, 0.3) is 0 Å². The number of carbonyl (C=O) groups excluding carboxylic acids is 1. The van der Waals surface area contributed by atoms with Crippen molar-refractivity contribution in [3.8, 4) is 5.75 Å². The number of unbranched alkanes of at least 4 members (excludes halogenated alkanes) is 1. The summed E-state index contributed by atoms with van der Waals surface area (Å²) in [6.45, 7) is 2.89. The van der Waals surface area contributed by atoms with Crippen molar-refractivity contribution in [2.75, 3.05) is 19.0 Å². The van der Waals surface area contributed by atoms with Crippen LogP contribution in [-0.4, -0.2) is 32.3 Å². The molecule has 1 amide bonds. The zero-order valence-corrected chi connectivity index (χ0v) is 19.1. The lowest BCUT2D eigenvalue weighted by molar-refractivity contribution is 0.102. The number of ether oxygens (including phenoxy) is 1. The van der Waals surface area contributed by atoms with Crippen LogP contribution in [0.3, 0.4) is 0 Å². The molecule has 0 radical (unpaired) electrons. The third-order valence-electron chi connectivity index (χ3n) is 4.96. The Balaban J connectivity index is 1.69. The Labute approximate surface area is 189 Å². The molecule has 0 saturated heterocycles. The third kappa shape index (κ3) is 5.96. The standard InChI is InChI=1S/C25H28N2O4S/c1-3-4-18-31-24-13-9-8-12-23(24)25(28)26-21-14-16-22(17-15-21)32(29,30)27(2)19-20-10-6-5-7-11-20/h5-17H,3-4,18-19H2,1-2H3,(H,26,28). The first-order chi connectivity index (χ1) is 15.4. The number of carbonyl (C=O) groups is 1. The number of hydrogen-bond acceptors (Lipinski definition) is 4. The Bertz CT molecular complexity index is 1130. The van der Waals surface area contributed by atoms with E-state index in [4.69, 9.17) is 4.74 Å². The van der Waals surface area contributed by atoms with Crippen molar-refractivity contribution in [3.05, 3.63) is 90.0 Å². The van der Waals surface area contributed by atoms with Crippen molar-refractivity contribution in [3.63, 3.8) is 0 Å². The van der Waals surface area contributed by atoms with Crippen LogP contribution in [0.15, 0.2) is 83.8 Å². The summed E-state index contributed by atoms with van der Waals surface area (Å²) in [5.41, 5.74) is 1.84. The zero-order chi connectivity index (χ0) is 23.0. The normalized spacial score (nSPS) is 11.3. The molecule has 3 aromatic rings. The largest absolute Gasteiger partial charge is 0.493 e. The van der Waals surface area contributed by atoms with Gasteiger partial charge >= 0.3 is 0 Å². The average molecular weight is 453 g/mol. The first-order valence-electron chi connectivity index (χ1n) is 10.6. The van der Waals surface area contributed by atoms with Crippen molar-refractivity contribution < 1.29 is 17.9 Å². The van der Waals surface area contributed by atoms with E-state index in [1.807, 2.05) is 36.4 Å². The summed E-state index contributed by atoms with van der Waals surface area (Å²) >= 11 is 0. The van der Waals surface area contributed by atoms with E-state index < -0.39 is 10.0 Å². The van der Waals surface area contributed by atoms with Gasteiger partial charge in [0.1, 0.15) is 5.75 Å². The molecular formula is C25H28N2O4S. The minimum atomic E-state index is -3.65. The smallest absolute Gasteiger partial charge is 0.259 e. The Kier molecular flexibility index (Phi) is 8.03. The predicted molar refractivity (Wildman–Crippen MR) is 126 cm³/mol. The van der Waals surface area contributed by atoms with Gasteiger partial charge in [-0.3, -0.25) is 4.79 Å². The fraction of sp³-hybridized carbons (Fsp3) is 0.240. The maximum Gasteiger partial charge on any atom is 0.259 e. The van der Waals surface area contributed by atoms with Gasteiger partial charge in [0.15, 0.2) is 0 Å². The third-order valence-corrected chi connectivity index (χ3v) is 6.77. The van der Waals surface area contributed by atoms with Gasteiger partial charge < -0.3 is 10.1 Å². The van der Waals surface area contributed by atoms with Crippen LogP contribution in [0.4, 0.5) is 5.69 Å². The lowest BCUT2D eigenvalue weighted by Gasteiger charge is -2.17. The van der Waals surface area contributed by atoms with Crippen LogP contribution in [0, 0.1) is 0 Å². The lowest BCUT2D eigenvalue weighted by atomic mass is 10.2. The fourth-order valence-corrected chi connectivity index (χ4v) is 4.28. The Morgan fingerprint density at radius 1 is 0.938 bits per heavy atom. The first-order valence-corrected chi connectivity index (χ1v) is 12.0. The zero-order valence-electron chi connectivity index (χ0n) is 18.3. The molecule has 0 unspecified atom stereocenters. The van der Waals surface area contributed by atoms with Crippen LogP contribution in [0.5, 0.6) is 5.75 Å². The van der Waals surface area contributed by atoms with Crippen molar-refractivity contribution >= 4 is 21.6 Å². The Hall–Kier alpha value is -3.16. The summed E-state index contributed by atoms with van der Waals surface area (Å²) in [5.74, 6) is 0.217. The summed E-state index contributed by atoms with van der Waals surface area (Å²) in [6.07, 6.45) is 1.91. The van der Waals surface area contributed by atoms with Crippen LogP contribution >= 0.6 is 0 Å². The number of hydrogen-bond donors (Lipinski definition) is 1. The number of rotatable bonds is 10. The van der Waals surface area contributed by atoms with Crippen LogP contribution in [0.1, 0.15) is 35.7 Å². The molecule has 0 heterocycles. The highest BCUT2D eigenvalue weighted by molar-refractivity contribution is 7.89. The monoisotopic (exact) mass is 452 g/mol. The summed E-state index contributed by atoms with van der Waals surface area (Å²) < 4.78 is 32.8. The molecule has 32 heavy (non-hydrogen) atoms. The van der Waals surface area contributed by atoms with Gasteiger partial charge in [0.2, 0.25) is 10.0 Å². The average Bonchev–Trinajstić information content (AvgIpc) is 2.80. The van der Waals surface area contributed by atoms with Gasteiger partial charge in [-0.05, 0) is 48.4 Å². The topological polar surface area (TPSA) is 75.7 Å². The molecule has 3 rings (SSSR count). The number of sulfonamides is 1.